The molecule has 2 fully saturated rings. The van der Waals surface area contributed by atoms with Crippen LogP contribution in [0.3, 0.4) is 0 Å². The molecule has 2 aliphatic rings. The van der Waals surface area contributed by atoms with Gasteiger partial charge in [-0.15, -0.1) is 0 Å². The van der Waals surface area contributed by atoms with Gasteiger partial charge < -0.3 is 4.90 Å². The van der Waals surface area contributed by atoms with Crippen LogP contribution in [0.2, 0.25) is 0 Å². The normalized spacial score (nSPS) is 36.6. The third-order valence-electron chi connectivity index (χ3n) is 3.26. The van der Waals surface area contributed by atoms with Gasteiger partial charge in [-0.25, -0.2) is 8.42 Å². The number of nitrogens with one attached hydrogen (secondary N) is 1. The minimum atomic E-state index is -2.85. The van der Waals surface area contributed by atoms with Crippen LogP contribution in [0.15, 0.2) is 0 Å². The predicted molar refractivity (Wildman–Crippen MR) is 55.3 cm³/mol. The molecule has 0 aromatic heterocycles. The van der Waals surface area contributed by atoms with Crippen molar-refractivity contribution in [1.82, 2.24) is 4.90 Å². The van der Waals surface area contributed by atoms with Crippen molar-refractivity contribution in [2.75, 3.05) is 18.1 Å². The molecular formula is C9H16N2O2S. The minimum absolute atomic E-state index is 0.225. The second-order valence-electron chi connectivity index (χ2n) is 4.54. The first-order valence-electron chi connectivity index (χ1n) is 4.98. The van der Waals surface area contributed by atoms with Gasteiger partial charge in [-0.1, -0.05) is 0 Å². The van der Waals surface area contributed by atoms with Gasteiger partial charge in [-0.05, 0) is 19.8 Å². The van der Waals surface area contributed by atoms with Crippen LogP contribution in [-0.4, -0.2) is 42.7 Å². The zero-order valence-corrected chi connectivity index (χ0v) is 9.23. The molecule has 2 aliphatic heterocycles. The summed E-state index contributed by atoms with van der Waals surface area (Å²) in [5.74, 6) is 1.12. The third kappa shape index (κ3) is 1.54. The van der Waals surface area contributed by atoms with E-state index >= 15 is 0 Å². The Morgan fingerprint density at radius 3 is 2.64 bits per heavy atom. The van der Waals surface area contributed by atoms with Gasteiger partial charge in [-0.2, -0.15) is 0 Å². The first-order chi connectivity index (χ1) is 6.43. The van der Waals surface area contributed by atoms with Gasteiger partial charge in [0.05, 0.1) is 22.9 Å². The molecule has 1 N–H and O–H groups in total. The number of likely N-dealkylation sites (tertiary alicyclic amines) is 1. The Morgan fingerprint density at radius 2 is 2.21 bits per heavy atom. The Bertz CT molecular complexity index is 363. The Hall–Kier alpha value is -0.580. The lowest BCUT2D eigenvalue weighted by Gasteiger charge is -2.35. The molecule has 2 heterocycles. The summed E-state index contributed by atoms with van der Waals surface area (Å²) in [6.07, 6.45) is 2.47. The average Bonchev–Trinajstić information content (AvgIpc) is 2.57. The molecule has 0 spiro atoms. The Balaban J connectivity index is 2.22. The fraction of sp³-hybridized carbons (Fsp3) is 0.889. The van der Waals surface area contributed by atoms with Crippen molar-refractivity contribution in [2.45, 2.75) is 31.7 Å². The SMILES string of the molecule is CC1(N2CCCC2=N)CCS(=O)(=O)C1. The molecule has 0 radical (unpaired) electrons. The van der Waals surface area contributed by atoms with E-state index in [1.54, 1.807) is 0 Å². The van der Waals surface area contributed by atoms with Gasteiger partial charge in [0.15, 0.2) is 9.84 Å². The van der Waals surface area contributed by atoms with Crippen molar-refractivity contribution in [3.63, 3.8) is 0 Å². The molecule has 1 unspecified atom stereocenters. The molecule has 0 amide bonds. The minimum Gasteiger partial charge on any atom is -0.354 e. The second-order valence-corrected chi connectivity index (χ2v) is 6.72. The van der Waals surface area contributed by atoms with Gasteiger partial charge in [0.25, 0.3) is 0 Å². The molecule has 0 aromatic rings. The summed E-state index contributed by atoms with van der Waals surface area (Å²) in [6.45, 7) is 2.82. The quantitative estimate of drug-likeness (QED) is 0.699. The van der Waals surface area contributed by atoms with Gasteiger partial charge in [0.2, 0.25) is 0 Å². The molecule has 1 atom stereocenters. The highest BCUT2D eigenvalue weighted by molar-refractivity contribution is 7.91. The largest absolute Gasteiger partial charge is 0.354 e. The lowest BCUT2D eigenvalue weighted by Crippen LogP contribution is -2.47. The van der Waals surface area contributed by atoms with E-state index in [9.17, 15) is 8.42 Å². The summed E-state index contributed by atoms with van der Waals surface area (Å²) in [5, 5.41) is 7.76. The van der Waals surface area contributed by atoms with Crippen LogP contribution in [0.4, 0.5) is 0 Å². The third-order valence-corrected chi connectivity index (χ3v) is 5.14. The smallest absolute Gasteiger partial charge is 0.152 e. The standard InChI is InChI=1S/C9H16N2O2S/c1-9(4-6-14(12,13)7-9)11-5-2-3-8(11)10/h10H,2-7H2,1H3. The Morgan fingerprint density at radius 1 is 1.50 bits per heavy atom. The van der Waals surface area contributed by atoms with Crippen molar-refractivity contribution in [3.05, 3.63) is 0 Å². The zero-order valence-electron chi connectivity index (χ0n) is 8.41. The maximum absolute atomic E-state index is 11.4. The van der Waals surface area contributed by atoms with E-state index < -0.39 is 9.84 Å². The molecule has 14 heavy (non-hydrogen) atoms. The highest BCUT2D eigenvalue weighted by atomic mass is 32.2. The van der Waals surface area contributed by atoms with Crippen LogP contribution >= 0.6 is 0 Å². The van der Waals surface area contributed by atoms with Gasteiger partial charge in [0.1, 0.15) is 0 Å². The molecule has 2 saturated heterocycles. The monoisotopic (exact) mass is 216 g/mol. The van der Waals surface area contributed by atoms with Crippen LogP contribution in [0.5, 0.6) is 0 Å². The number of amidine groups is 1. The summed E-state index contributed by atoms with van der Waals surface area (Å²) in [7, 11) is -2.85. The van der Waals surface area contributed by atoms with Crippen LogP contribution in [0.25, 0.3) is 0 Å². The van der Waals surface area contributed by atoms with E-state index in [0.717, 1.165) is 19.4 Å². The average molecular weight is 216 g/mol. The maximum atomic E-state index is 11.4. The van der Waals surface area contributed by atoms with Crippen molar-refractivity contribution < 1.29 is 8.42 Å². The summed E-state index contributed by atoms with van der Waals surface area (Å²) >= 11 is 0. The molecule has 0 saturated carbocycles. The Kier molecular flexibility index (Phi) is 2.10. The lowest BCUT2D eigenvalue weighted by molar-refractivity contribution is 0.237. The van der Waals surface area contributed by atoms with Crippen molar-refractivity contribution in [2.24, 2.45) is 0 Å². The fourth-order valence-electron chi connectivity index (χ4n) is 2.48. The summed E-state index contributed by atoms with van der Waals surface area (Å²) in [5.41, 5.74) is -0.299. The van der Waals surface area contributed by atoms with E-state index in [1.165, 1.54) is 0 Å². The van der Waals surface area contributed by atoms with Crippen LogP contribution in [0.1, 0.15) is 26.2 Å². The van der Waals surface area contributed by atoms with E-state index in [-0.39, 0.29) is 17.0 Å². The van der Waals surface area contributed by atoms with Gasteiger partial charge in [-0.3, -0.25) is 5.41 Å². The Labute approximate surface area is 84.7 Å². The molecule has 0 aromatic carbocycles. The van der Waals surface area contributed by atoms with Gasteiger partial charge in [0, 0.05) is 13.0 Å². The van der Waals surface area contributed by atoms with Crippen molar-refractivity contribution in [1.29, 1.82) is 5.41 Å². The zero-order chi connectivity index (χ0) is 10.4. The fourth-order valence-corrected chi connectivity index (χ4v) is 4.62. The van der Waals surface area contributed by atoms with Crippen LogP contribution in [-0.2, 0) is 9.84 Å². The number of hydrogen-bond donors (Lipinski definition) is 1. The molecule has 0 bridgehead atoms. The van der Waals surface area contributed by atoms with E-state index in [4.69, 9.17) is 5.41 Å². The van der Waals surface area contributed by atoms with Gasteiger partial charge >= 0.3 is 0 Å². The summed E-state index contributed by atoms with van der Waals surface area (Å²) in [4.78, 5) is 1.98. The molecule has 2 rings (SSSR count). The highest BCUT2D eigenvalue weighted by Crippen LogP contribution is 2.32. The first-order valence-corrected chi connectivity index (χ1v) is 6.81. The molecule has 4 nitrogen and oxygen atoms in total. The molecule has 0 aliphatic carbocycles. The number of nitrogens with zero attached hydrogens (tertiary/aromatic N) is 1. The highest BCUT2D eigenvalue weighted by Gasteiger charge is 2.44. The van der Waals surface area contributed by atoms with Crippen LogP contribution < -0.4 is 0 Å². The van der Waals surface area contributed by atoms with Crippen molar-refractivity contribution >= 4 is 15.7 Å². The molecule has 80 valence electrons. The van der Waals surface area contributed by atoms with E-state index in [0.29, 0.717) is 12.3 Å². The number of rotatable bonds is 1. The second kappa shape index (κ2) is 2.95. The first kappa shape index (κ1) is 9.96. The van der Waals surface area contributed by atoms with E-state index in [2.05, 4.69) is 0 Å². The summed E-state index contributed by atoms with van der Waals surface area (Å²) < 4.78 is 22.8. The van der Waals surface area contributed by atoms with E-state index in [1.807, 2.05) is 11.8 Å². The van der Waals surface area contributed by atoms with Crippen molar-refractivity contribution in [3.8, 4) is 0 Å². The maximum Gasteiger partial charge on any atom is 0.152 e. The lowest BCUT2D eigenvalue weighted by atomic mass is 10.00. The summed E-state index contributed by atoms with van der Waals surface area (Å²) in [6, 6.07) is 0. The topological polar surface area (TPSA) is 61.2 Å². The molecular weight excluding hydrogens is 200 g/mol. The number of hydrogen-bond acceptors (Lipinski definition) is 3. The molecule has 5 heteroatoms. The predicted octanol–water partition coefficient (Wildman–Crippen LogP) is 0.637. The number of sulfone groups is 1. The van der Waals surface area contributed by atoms with Crippen LogP contribution in [0, 0.1) is 5.41 Å².